The van der Waals surface area contributed by atoms with E-state index in [1.165, 1.54) is 6.26 Å². The lowest BCUT2D eigenvalue weighted by Crippen LogP contribution is -2.42. The van der Waals surface area contributed by atoms with Crippen LogP contribution in [-0.4, -0.2) is 50.6 Å². The lowest BCUT2D eigenvalue weighted by atomic mass is 10.2. The van der Waals surface area contributed by atoms with Gasteiger partial charge >= 0.3 is 0 Å². The van der Waals surface area contributed by atoms with E-state index in [0.29, 0.717) is 31.4 Å². The molecule has 0 aliphatic heterocycles. The molecule has 1 aromatic rings. The van der Waals surface area contributed by atoms with Crippen molar-refractivity contribution in [2.45, 2.75) is 39.8 Å². The number of hydrogen-bond acceptors (Lipinski definition) is 5. The van der Waals surface area contributed by atoms with Gasteiger partial charge in [0.15, 0.2) is 5.96 Å². The molecule has 0 spiro atoms. The van der Waals surface area contributed by atoms with E-state index in [0.717, 1.165) is 12.1 Å². The van der Waals surface area contributed by atoms with Crippen LogP contribution in [0.3, 0.4) is 0 Å². The number of sulfone groups is 1. The van der Waals surface area contributed by atoms with Crippen molar-refractivity contribution in [2.75, 3.05) is 25.2 Å². The fraction of sp³-hybridized carbons (Fsp3) is 0.625. The molecule has 0 saturated heterocycles. The lowest BCUT2D eigenvalue weighted by Gasteiger charge is -2.17. The molecular formula is C16H28N4O3S. The number of aliphatic imine (C=N–C) groups is 1. The van der Waals surface area contributed by atoms with Crippen LogP contribution in [0.4, 0.5) is 0 Å². The Balaban J connectivity index is 2.66. The highest BCUT2D eigenvalue weighted by Crippen LogP contribution is 2.10. The van der Waals surface area contributed by atoms with Crippen LogP contribution in [0.15, 0.2) is 23.3 Å². The average Bonchev–Trinajstić information content (AvgIpc) is 2.51. The summed E-state index contributed by atoms with van der Waals surface area (Å²) < 4.78 is 27.9. The van der Waals surface area contributed by atoms with Crippen molar-refractivity contribution in [1.82, 2.24) is 15.6 Å². The summed E-state index contributed by atoms with van der Waals surface area (Å²) in [5.41, 5.74) is 0.995. The number of guanidine groups is 1. The van der Waals surface area contributed by atoms with Crippen LogP contribution in [0.25, 0.3) is 0 Å². The lowest BCUT2D eigenvalue weighted by molar-refractivity contribution is 0.326. The molecule has 0 aromatic carbocycles. The van der Waals surface area contributed by atoms with Crippen molar-refractivity contribution in [1.29, 1.82) is 0 Å². The summed E-state index contributed by atoms with van der Waals surface area (Å²) in [6.45, 7) is 7.62. The van der Waals surface area contributed by atoms with E-state index in [1.54, 1.807) is 6.20 Å². The van der Waals surface area contributed by atoms with Gasteiger partial charge in [0.1, 0.15) is 9.84 Å². The minimum Gasteiger partial charge on any atom is -0.478 e. The Morgan fingerprint density at radius 2 is 2.17 bits per heavy atom. The van der Waals surface area contributed by atoms with Crippen molar-refractivity contribution in [3.8, 4) is 5.88 Å². The predicted octanol–water partition coefficient (Wildman–Crippen LogP) is 1.36. The fourth-order valence-corrected chi connectivity index (χ4v) is 2.74. The van der Waals surface area contributed by atoms with Gasteiger partial charge in [-0.1, -0.05) is 0 Å². The van der Waals surface area contributed by atoms with Crippen molar-refractivity contribution >= 4 is 15.8 Å². The second-order valence-corrected chi connectivity index (χ2v) is 7.85. The van der Waals surface area contributed by atoms with Crippen LogP contribution in [0, 0.1) is 0 Å². The topological polar surface area (TPSA) is 92.7 Å². The van der Waals surface area contributed by atoms with Gasteiger partial charge in [0.2, 0.25) is 5.88 Å². The zero-order valence-corrected chi connectivity index (χ0v) is 15.7. The first-order chi connectivity index (χ1) is 11.3. The van der Waals surface area contributed by atoms with Crippen molar-refractivity contribution < 1.29 is 13.2 Å². The highest BCUT2D eigenvalue weighted by Gasteiger charge is 2.09. The zero-order valence-electron chi connectivity index (χ0n) is 14.9. The molecule has 8 heteroatoms. The summed E-state index contributed by atoms with van der Waals surface area (Å²) in [4.78, 5) is 8.66. The number of nitrogens with zero attached hydrogens (tertiary/aromatic N) is 2. The molecule has 7 nitrogen and oxygen atoms in total. The van der Waals surface area contributed by atoms with E-state index >= 15 is 0 Å². The molecule has 1 unspecified atom stereocenters. The number of rotatable bonds is 9. The van der Waals surface area contributed by atoms with Crippen molar-refractivity contribution in [3.63, 3.8) is 0 Å². The smallest absolute Gasteiger partial charge is 0.213 e. The Hall–Kier alpha value is -1.83. The molecule has 1 rings (SSSR count). The second-order valence-electron chi connectivity index (χ2n) is 5.59. The first kappa shape index (κ1) is 20.2. The monoisotopic (exact) mass is 356 g/mol. The third-order valence-electron chi connectivity index (χ3n) is 3.16. The van der Waals surface area contributed by atoms with Gasteiger partial charge < -0.3 is 15.4 Å². The molecule has 1 heterocycles. The third kappa shape index (κ3) is 8.71. The van der Waals surface area contributed by atoms with Gasteiger partial charge in [-0.15, -0.1) is 0 Å². The number of aromatic nitrogens is 1. The van der Waals surface area contributed by atoms with E-state index in [2.05, 4.69) is 20.6 Å². The second kappa shape index (κ2) is 10.1. The third-order valence-corrected chi connectivity index (χ3v) is 4.14. The van der Waals surface area contributed by atoms with Gasteiger partial charge in [-0.05, 0) is 38.8 Å². The number of nitrogens with one attached hydrogen (secondary N) is 2. The van der Waals surface area contributed by atoms with E-state index in [-0.39, 0.29) is 11.8 Å². The maximum atomic E-state index is 11.3. The molecule has 0 aliphatic carbocycles. The molecule has 0 radical (unpaired) electrons. The van der Waals surface area contributed by atoms with E-state index in [1.807, 2.05) is 32.9 Å². The Morgan fingerprint density at radius 3 is 2.79 bits per heavy atom. The van der Waals surface area contributed by atoms with E-state index < -0.39 is 9.84 Å². The zero-order chi connectivity index (χ0) is 18.0. The van der Waals surface area contributed by atoms with Crippen LogP contribution in [0.1, 0.15) is 32.8 Å². The summed E-state index contributed by atoms with van der Waals surface area (Å²) in [5.74, 6) is 1.40. The highest BCUT2D eigenvalue weighted by molar-refractivity contribution is 7.90. The molecule has 0 fully saturated rings. The van der Waals surface area contributed by atoms with Gasteiger partial charge in [0, 0.05) is 31.1 Å². The maximum Gasteiger partial charge on any atom is 0.213 e. The number of pyridine rings is 1. The van der Waals surface area contributed by atoms with Gasteiger partial charge in [0.05, 0.1) is 18.9 Å². The van der Waals surface area contributed by atoms with Crippen molar-refractivity contribution in [3.05, 3.63) is 23.9 Å². The molecule has 0 bridgehead atoms. The first-order valence-corrected chi connectivity index (χ1v) is 10.2. The van der Waals surface area contributed by atoms with Crippen LogP contribution >= 0.6 is 0 Å². The molecule has 1 aromatic heterocycles. The summed E-state index contributed by atoms with van der Waals surface area (Å²) in [7, 11) is -2.95. The molecular weight excluding hydrogens is 328 g/mol. The number of hydrogen-bond donors (Lipinski definition) is 2. The molecule has 136 valence electrons. The fourth-order valence-electron chi connectivity index (χ4n) is 1.96. The minimum atomic E-state index is -2.95. The molecule has 0 aliphatic rings. The molecule has 24 heavy (non-hydrogen) atoms. The van der Waals surface area contributed by atoms with Gasteiger partial charge in [-0.25, -0.2) is 18.4 Å². The Kier molecular flexibility index (Phi) is 8.53. The Labute approximate surface area is 144 Å². The summed E-state index contributed by atoms with van der Waals surface area (Å²) in [6, 6.07) is 3.76. The largest absolute Gasteiger partial charge is 0.478 e. The van der Waals surface area contributed by atoms with Gasteiger partial charge in [0.25, 0.3) is 0 Å². The van der Waals surface area contributed by atoms with Crippen LogP contribution < -0.4 is 15.4 Å². The van der Waals surface area contributed by atoms with Gasteiger partial charge in [-0.3, -0.25) is 0 Å². The SMILES string of the molecule is CCNC(=NCc1ccnc(OCC)c1)NC(C)CCS(C)(=O)=O. The molecule has 0 amide bonds. The average molecular weight is 356 g/mol. The first-order valence-electron chi connectivity index (χ1n) is 8.14. The molecule has 2 N–H and O–H groups in total. The minimum absolute atomic E-state index is 0.00829. The van der Waals surface area contributed by atoms with Crippen LogP contribution in [0.5, 0.6) is 5.88 Å². The van der Waals surface area contributed by atoms with Crippen LogP contribution in [-0.2, 0) is 16.4 Å². The Morgan fingerprint density at radius 1 is 1.42 bits per heavy atom. The van der Waals surface area contributed by atoms with Gasteiger partial charge in [-0.2, -0.15) is 0 Å². The summed E-state index contributed by atoms with van der Waals surface area (Å²) in [6.07, 6.45) is 3.48. The highest BCUT2D eigenvalue weighted by atomic mass is 32.2. The Bertz CT molecular complexity index is 632. The predicted molar refractivity (Wildman–Crippen MR) is 97.1 cm³/mol. The number of ether oxygens (including phenoxy) is 1. The van der Waals surface area contributed by atoms with Crippen molar-refractivity contribution in [2.24, 2.45) is 4.99 Å². The standard InChI is InChI=1S/C16H28N4O3S/c1-5-17-16(20-13(3)8-10-24(4,21)22)19-12-14-7-9-18-15(11-14)23-6-2/h7,9,11,13H,5-6,8,10,12H2,1-4H3,(H2,17,19,20). The summed E-state index contributed by atoms with van der Waals surface area (Å²) in [5, 5.41) is 6.39. The molecule has 0 saturated carbocycles. The van der Waals surface area contributed by atoms with E-state index in [4.69, 9.17) is 4.74 Å². The quantitative estimate of drug-likeness (QED) is 0.513. The normalized spacial score (nSPS) is 13.4. The summed E-state index contributed by atoms with van der Waals surface area (Å²) >= 11 is 0. The van der Waals surface area contributed by atoms with Crippen LogP contribution in [0.2, 0.25) is 0 Å². The molecule has 1 atom stereocenters. The van der Waals surface area contributed by atoms with E-state index in [9.17, 15) is 8.42 Å². The maximum absolute atomic E-state index is 11.3.